The Labute approximate surface area is 147 Å². The number of hydrogen-bond donors (Lipinski definition) is 1. The molecular formula is C13H22Cl3N3OS. The number of piperazine rings is 1. The molecule has 122 valence electrons. The lowest BCUT2D eigenvalue weighted by atomic mass is 10.2. The van der Waals surface area contributed by atoms with Crippen molar-refractivity contribution in [2.75, 3.05) is 26.2 Å². The Bertz CT molecular complexity index is 434. The number of nitrogens with two attached hydrogens (primary N) is 1. The van der Waals surface area contributed by atoms with Gasteiger partial charge in [0.2, 0.25) is 5.91 Å². The van der Waals surface area contributed by atoms with Gasteiger partial charge in [0.25, 0.3) is 0 Å². The van der Waals surface area contributed by atoms with E-state index in [2.05, 4.69) is 11.0 Å². The van der Waals surface area contributed by atoms with Crippen molar-refractivity contribution >= 4 is 53.7 Å². The molecule has 1 aromatic rings. The third kappa shape index (κ3) is 6.72. The molecule has 21 heavy (non-hydrogen) atoms. The summed E-state index contributed by atoms with van der Waals surface area (Å²) in [6.45, 7) is 6.22. The molecule has 8 heteroatoms. The van der Waals surface area contributed by atoms with Crippen molar-refractivity contribution < 1.29 is 4.79 Å². The van der Waals surface area contributed by atoms with Crippen molar-refractivity contribution in [2.45, 2.75) is 25.9 Å². The largest absolute Gasteiger partial charge is 0.340 e. The van der Waals surface area contributed by atoms with E-state index in [1.54, 1.807) is 11.3 Å². The molecule has 1 aliphatic heterocycles. The molecule has 2 N–H and O–H groups in total. The van der Waals surface area contributed by atoms with Gasteiger partial charge in [0.1, 0.15) is 0 Å². The quantitative estimate of drug-likeness (QED) is 0.881. The predicted octanol–water partition coefficient (Wildman–Crippen LogP) is 2.63. The van der Waals surface area contributed by atoms with Gasteiger partial charge in [-0.25, -0.2) is 0 Å². The van der Waals surface area contributed by atoms with Crippen LogP contribution in [-0.2, 0) is 11.3 Å². The predicted molar refractivity (Wildman–Crippen MR) is 93.9 cm³/mol. The highest BCUT2D eigenvalue weighted by Gasteiger charge is 2.21. The van der Waals surface area contributed by atoms with Gasteiger partial charge >= 0.3 is 0 Å². The highest BCUT2D eigenvalue weighted by Crippen LogP contribution is 2.23. The van der Waals surface area contributed by atoms with Gasteiger partial charge in [-0.3, -0.25) is 9.69 Å². The lowest BCUT2D eigenvalue weighted by Gasteiger charge is -2.34. The van der Waals surface area contributed by atoms with Crippen LogP contribution >= 0.6 is 47.8 Å². The first kappa shape index (κ1) is 21.0. The topological polar surface area (TPSA) is 49.6 Å². The van der Waals surface area contributed by atoms with E-state index in [4.69, 9.17) is 17.3 Å². The summed E-state index contributed by atoms with van der Waals surface area (Å²) in [6.07, 6.45) is 0.445. The molecule has 2 heterocycles. The van der Waals surface area contributed by atoms with Crippen LogP contribution in [0.5, 0.6) is 0 Å². The number of thiophene rings is 1. The van der Waals surface area contributed by atoms with E-state index < -0.39 is 0 Å². The second-order valence-corrected chi connectivity index (χ2v) is 6.84. The summed E-state index contributed by atoms with van der Waals surface area (Å²) in [4.78, 5) is 17.4. The second-order valence-electron chi connectivity index (χ2n) is 5.04. The maximum absolute atomic E-state index is 11.9. The van der Waals surface area contributed by atoms with Crippen molar-refractivity contribution in [3.8, 4) is 0 Å². The van der Waals surface area contributed by atoms with Crippen LogP contribution in [0.2, 0.25) is 4.34 Å². The third-order valence-electron chi connectivity index (χ3n) is 3.23. The van der Waals surface area contributed by atoms with E-state index in [-0.39, 0.29) is 36.8 Å². The van der Waals surface area contributed by atoms with Gasteiger partial charge in [-0.15, -0.1) is 36.2 Å². The lowest BCUT2D eigenvalue weighted by molar-refractivity contribution is -0.133. The zero-order valence-corrected chi connectivity index (χ0v) is 15.2. The van der Waals surface area contributed by atoms with Crippen molar-refractivity contribution in [3.63, 3.8) is 0 Å². The van der Waals surface area contributed by atoms with E-state index in [0.717, 1.165) is 37.1 Å². The van der Waals surface area contributed by atoms with Gasteiger partial charge in [-0.05, 0) is 19.1 Å². The Hall–Kier alpha value is -0.0400. The summed E-state index contributed by atoms with van der Waals surface area (Å²) in [5.74, 6) is 0.175. The number of carbonyl (C=O) groups is 1. The maximum Gasteiger partial charge on any atom is 0.224 e. The van der Waals surface area contributed by atoms with E-state index >= 15 is 0 Å². The molecule has 1 aromatic heterocycles. The zero-order valence-electron chi connectivity index (χ0n) is 12.0. The van der Waals surface area contributed by atoms with Gasteiger partial charge in [-0.1, -0.05) is 11.6 Å². The fourth-order valence-corrected chi connectivity index (χ4v) is 3.35. The Kier molecular flexibility index (Phi) is 9.85. The molecule has 0 aromatic carbocycles. The summed E-state index contributed by atoms with van der Waals surface area (Å²) in [7, 11) is 0. The Morgan fingerprint density at radius 2 is 1.95 bits per heavy atom. The van der Waals surface area contributed by atoms with Gasteiger partial charge < -0.3 is 10.6 Å². The number of nitrogens with zero attached hydrogens (tertiary/aromatic N) is 2. The van der Waals surface area contributed by atoms with E-state index in [1.807, 2.05) is 17.9 Å². The fourth-order valence-electron chi connectivity index (χ4n) is 2.22. The van der Waals surface area contributed by atoms with E-state index in [9.17, 15) is 4.79 Å². The molecule has 4 nitrogen and oxygen atoms in total. The number of amides is 1. The third-order valence-corrected chi connectivity index (χ3v) is 4.45. The van der Waals surface area contributed by atoms with Crippen molar-refractivity contribution in [2.24, 2.45) is 5.73 Å². The normalized spacial score (nSPS) is 16.8. The molecule has 0 saturated carbocycles. The second kappa shape index (κ2) is 9.87. The summed E-state index contributed by atoms with van der Waals surface area (Å²) >= 11 is 7.55. The Morgan fingerprint density at radius 1 is 1.33 bits per heavy atom. The van der Waals surface area contributed by atoms with E-state index in [0.29, 0.717) is 6.42 Å². The molecule has 1 saturated heterocycles. The number of halogens is 3. The molecule has 0 radical (unpaired) electrons. The van der Waals surface area contributed by atoms with Gasteiger partial charge in [0.05, 0.1) is 4.34 Å². The first-order valence-corrected chi connectivity index (χ1v) is 7.74. The van der Waals surface area contributed by atoms with Gasteiger partial charge in [0.15, 0.2) is 0 Å². The minimum absolute atomic E-state index is 0. The molecule has 0 aliphatic carbocycles. The lowest BCUT2D eigenvalue weighted by Crippen LogP contribution is -2.49. The summed E-state index contributed by atoms with van der Waals surface area (Å²) < 4.78 is 0.834. The first-order chi connectivity index (χ1) is 9.04. The highest BCUT2D eigenvalue weighted by molar-refractivity contribution is 7.16. The average Bonchev–Trinajstić information content (AvgIpc) is 2.75. The number of carbonyl (C=O) groups excluding carboxylic acids is 1. The van der Waals surface area contributed by atoms with Crippen LogP contribution in [0.4, 0.5) is 0 Å². The van der Waals surface area contributed by atoms with Crippen LogP contribution in [0.25, 0.3) is 0 Å². The molecule has 1 fully saturated rings. The first-order valence-electron chi connectivity index (χ1n) is 6.54. The van der Waals surface area contributed by atoms with Crippen LogP contribution < -0.4 is 5.73 Å². The summed E-state index contributed by atoms with van der Waals surface area (Å²) in [5, 5.41) is 0. The summed E-state index contributed by atoms with van der Waals surface area (Å²) in [6, 6.07) is 3.95. The molecule has 1 atom stereocenters. The molecule has 2 rings (SSSR count). The molecule has 1 unspecified atom stereocenters. The number of hydrogen-bond acceptors (Lipinski definition) is 4. The van der Waals surface area contributed by atoms with Crippen molar-refractivity contribution in [3.05, 3.63) is 21.3 Å². The molecule has 1 aliphatic rings. The minimum atomic E-state index is -0.0567. The molecule has 0 bridgehead atoms. The summed E-state index contributed by atoms with van der Waals surface area (Å²) in [5.41, 5.74) is 5.66. The Balaban J connectivity index is 0.00000200. The average molecular weight is 375 g/mol. The van der Waals surface area contributed by atoms with Crippen LogP contribution in [0.3, 0.4) is 0 Å². The van der Waals surface area contributed by atoms with Crippen LogP contribution in [-0.4, -0.2) is 47.9 Å². The SMILES string of the molecule is CC(N)CC(=O)N1CCN(Cc2ccc(Cl)s2)CC1.Cl.Cl. The van der Waals surface area contributed by atoms with Crippen molar-refractivity contribution in [1.82, 2.24) is 9.80 Å². The minimum Gasteiger partial charge on any atom is -0.340 e. The standard InChI is InChI=1S/C13H20ClN3OS.2ClH/c1-10(15)8-13(18)17-6-4-16(5-7-17)9-11-2-3-12(14)19-11;;/h2-3,10H,4-9,15H2,1H3;2*1H. The van der Waals surface area contributed by atoms with E-state index in [1.165, 1.54) is 4.88 Å². The molecule has 0 spiro atoms. The maximum atomic E-state index is 11.9. The Morgan fingerprint density at radius 3 is 2.43 bits per heavy atom. The molecular weight excluding hydrogens is 353 g/mol. The van der Waals surface area contributed by atoms with Crippen LogP contribution in [0.1, 0.15) is 18.2 Å². The monoisotopic (exact) mass is 373 g/mol. The fraction of sp³-hybridized carbons (Fsp3) is 0.615. The van der Waals surface area contributed by atoms with Gasteiger partial charge in [-0.2, -0.15) is 0 Å². The smallest absolute Gasteiger partial charge is 0.224 e. The zero-order chi connectivity index (χ0) is 13.8. The van der Waals surface area contributed by atoms with Crippen LogP contribution in [0.15, 0.2) is 12.1 Å². The highest BCUT2D eigenvalue weighted by atomic mass is 35.5. The molecule has 1 amide bonds. The number of rotatable bonds is 4. The van der Waals surface area contributed by atoms with Gasteiger partial charge in [0, 0.05) is 50.1 Å². The van der Waals surface area contributed by atoms with Crippen LogP contribution in [0, 0.1) is 0 Å². The van der Waals surface area contributed by atoms with Crippen molar-refractivity contribution in [1.29, 1.82) is 0 Å².